The molecule has 1 unspecified atom stereocenters. The average molecular weight is 415 g/mol. The fourth-order valence-electron chi connectivity index (χ4n) is 2.45. The highest BCUT2D eigenvalue weighted by Gasteiger charge is 2.44. The van der Waals surface area contributed by atoms with Crippen molar-refractivity contribution in [1.82, 2.24) is 24.6 Å². The predicted molar refractivity (Wildman–Crippen MR) is 88.2 cm³/mol. The molecule has 1 atom stereocenters. The number of nitrogens with zero attached hydrogens (tertiary/aromatic N) is 5. The first-order valence-corrected chi connectivity index (χ1v) is 8.60. The number of fused-ring (bicyclic) bond motifs is 1. The second-order valence-electron chi connectivity index (χ2n) is 6.55. The van der Waals surface area contributed by atoms with Crippen molar-refractivity contribution in [3.05, 3.63) is 36.5 Å². The largest absolute Gasteiger partial charge is 0.465 e. The summed E-state index contributed by atoms with van der Waals surface area (Å²) >= 11 is 0. The minimum absolute atomic E-state index is 0.0923. The summed E-state index contributed by atoms with van der Waals surface area (Å²) in [6.07, 6.45) is -5.79. The Bertz CT molecular complexity index is 1020. The molecule has 0 radical (unpaired) electrons. The maximum absolute atomic E-state index is 14.3. The number of hydrogen-bond acceptors (Lipinski definition) is 6. The summed E-state index contributed by atoms with van der Waals surface area (Å²) in [6, 6.07) is 2.66. The van der Waals surface area contributed by atoms with E-state index in [0.29, 0.717) is 18.4 Å². The first-order valence-electron chi connectivity index (χ1n) is 8.60. The van der Waals surface area contributed by atoms with Crippen molar-refractivity contribution in [2.75, 3.05) is 0 Å². The van der Waals surface area contributed by atoms with Gasteiger partial charge < -0.3 is 9.47 Å². The van der Waals surface area contributed by atoms with Crippen LogP contribution in [-0.2, 0) is 10.8 Å². The van der Waals surface area contributed by atoms with Crippen molar-refractivity contribution in [3.8, 4) is 17.1 Å². The van der Waals surface area contributed by atoms with Crippen LogP contribution >= 0.6 is 0 Å². The monoisotopic (exact) mass is 415 g/mol. The van der Waals surface area contributed by atoms with E-state index in [0.717, 1.165) is 11.3 Å². The highest BCUT2D eigenvalue weighted by atomic mass is 19.4. The number of hydrogen-bond donors (Lipinski definition) is 0. The molecule has 0 N–H and O–H groups in total. The van der Waals surface area contributed by atoms with E-state index < -0.39 is 30.3 Å². The summed E-state index contributed by atoms with van der Waals surface area (Å²) in [4.78, 5) is 7.93. The van der Waals surface area contributed by atoms with Gasteiger partial charge in [0.2, 0.25) is 11.7 Å². The standard InChI is InChI=1S/C17H14F5N5O2/c1-9(16(18,19)20)28-14-5-2-10(6-24-14)12-8-27-13(7-23-12)25-26-15(27)17(21,22)29-11-3-4-11/h2,5-9,11H,3-4H2,1H3. The van der Waals surface area contributed by atoms with Crippen molar-refractivity contribution in [2.45, 2.75) is 44.3 Å². The lowest BCUT2D eigenvalue weighted by atomic mass is 10.2. The lowest BCUT2D eigenvalue weighted by Gasteiger charge is -2.16. The van der Waals surface area contributed by atoms with Crippen LogP contribution in [-0.4, -0.2) is 43.0 Å². The number of aromatic nitrogens is 5. The molecule has 1 aliphatic rings. The van der Waals surface area contributed by atoms with Crippen molar-refractivity contribution in [1.29, 1.82) is 0 Å². The number of ether oxygens (including phenoxy) is 2. The zero-order chi connectivity index (χ0) is 20.8. The van der Waals surface area contributed by atoms with E-state index in [2.05, 4.69) is 20.2 Å². The number of alkyl halides is 5. The topological polar surface area (TPSA) is 74.4 Å². The van der Waals surface area contributed by atoms with E-state index in [1.807, 2.05) is 0 Å². The van der Waals surface area contributed by atoms with E-state index in [-0.39, 0.29) is 17.2 Å². The van der Waals surface area contributed by atoms with E-state index in [9.17, 15) is 22.0 Å². The Labute approximate surface area is 160 Å². The van der Waals surface area contributed by atoms with Gasteiger partial charge >= 0.3 is 12.3 Å². The van der Waals surface area contributed by atoms with Crippen molar-refractivity contribution in [3.63, 3.8) is 0 Å². The van der Waals surface area contributed by atoms with E-state index >= 15 is 0 Å². The van der Waals surface area contributed by atoms with Gasteiger partial charge in [0.1, 0.15) is 0 Å². The Hall–Kier alpha value is -2.89. The zero-order valence-electron chi connectivity index (χ0n) is 14.9. The van der Waals surface area contributed by atoms with Crippen LogP contribution in [0.2, 0.25) is 0 Å². The maximum Gasteiger partial charge on any atom is 0.425 e. The van der Waals surface area contributed by atoms with Gasteiger partial charge in [-0.2, -0.15) is 22.0 Å². The van der Waals surface area contributed by atoms with Gasteiger partial charge in [0, 0.05) is 24.0 Å². The second kappa shape index (κ2) is 6.87. The van der Waals surface area contributed by atoms with Crippen LogP contribution in [0.25, 0.3) is 16.9 Å². The Morgan fingerprint density at radius 1 is 1.07 bits per heavy atom. The summed E-state index contributed by atoms with van der Waals surface area (Å²) in [6.45, 7) is 0.864. The smallest absolute Gasteiger partial charge is 0.425 e. The normalized spacial score (nSPS) is 16.2. The van der Waals surface area contributed by atoms with Crippen LogP contribution in [0.5, 0.6) is 5.88 Å². The quantitative estimate of drug-likeness (QED) is 0.571. The highest BCUT2D eigenvalue weighted by molar-refractivity contribution is 5.59. The molecular weight excluding hydrogens is 401 g/mol. The molecule has 0 aliphatic heterocycles. The highest BCUT2D eigenvalue weighted by Crippen LogP contribution is 2.37. The minimum atomic E-state index is -4.52. The van der Waals surface area contributed by atoms with Crippen LogP contribution in [0, 0.1) is 0 Å². The molecular formula is C17H14F5N5O2. The first-order chi connectivity index (χ1) is 13.6. The molecule has 3 heterocycles. The zero-order valence-corrected chi connectivity index (χ0v) is 14.9. The number of rotatable bonds is 6. The van der Waals surface area contributed by atoms with Crippen LogP contribution in [0.4, 0.5) is 22.0 Å². The summed E-state index contributed by atoms with van der Waals surface area (Å²) in [7, 11) is 0. The molecule has 7 nitrogen and oxygen atoms in total. The third kappa shape index (κ3) is 4.11. The third-order valence-corrected chi connectivity index (χ3v) is 4.18. The predicted octanol–water partition coefficient (Wildman–Crippen LogP) is 3.74. The Balaban J connectivity index is 1.60. The number of pyridine rings is 1. The lowest BCUT2D eigenvalue weighted by molar-refractivity contribution is -0.261. The summed E-state index contributed by atoms with van der Waals surface area (Å²) in [5.74, 6) is -0.913. The molecule has 0 amide bonds. The summed E-state index contributed by atoms with van der Waals surface area (Å²) in [5.41, 5.74) is 0.711. The average Bonchev–Trinajstić information content (AvgIpc) is 3.34. The molecule has 4 rings (SSSR count). The molecule has 154 valence electrons. The van der Waals surface area contributed by atoms with E-state index in [1.54, 1.807) is 0 Å². The third-order valence-electron chi connectivity index (χ3n) is 4.18. The lowest BCUT2D eigenvalue weighted by Crippen LogP contribution is -2.31. The van der Waals surface area contributed by atoms with Gasteiger partial charge in [-0.05, 0) is 25.8 Å². The van der Waals surface area contributed by atoms with Gasteiger partial charge in [-0.1, -0.05) is 0 Å². The van der Waals surface area contributed by atoms with Crippen LogP contribution in [0.1, 0.15) is 25.6 Å². The van der Waals surface area contributed by atoms with Gasteiger partial charge in [0.25, 0.3) is 0 Å². The molecule has 0 spiro atoms. The SMILES string of the molecule is CC(Oc1ccc(-c2cn3c(C(F)(F)OC4CC4)nnc3cn2)cn1)C(F)(F)F. The molecule has 0 saturated heterocycles. The molecule has 0 bridgehead atoms. The van der Waals surface area contributed by atoms with Crippen LogP contribution in [0.3, 0.4) is 0 Å². The molecule has 1 fully saturated rings. The summed E-state index contributed by atoms with van der Waals surface area (Å²) < 4.78 is 76.9. The van der Waals surface area contributed by atoms with Crippen LogP contribution in [0.15, 0.2) is 30.7 Å². The van der Waals surface area contributed by atoms with Gasteiger partial charge in [-0.25, -0.2) is 4.98 Å². The van der Waals surface area contributed by atoms with Gasteiger partial charge in [-0.15, -0.1) is 10.2 Å². The van der Waals surface area contributed by atoms with Crippen molar-refractivity contribution >= 4 is 5.65 Å². The number of halogens is 5. The van der Waals surface area contributed by atoms with Gasteiger partial charge in [0.05, 0.1) is 18.0 Å². The van der Waals surface area contributed by atoms with Crippen LogP contribution < -0.4 is 4.74 Å². The first kappa shape index (κ1) is 19.4. The van der Waals surface area contributed by atoms with Crippen molar-refractivity contribution in [2.24, 2.45) is 0 Å². The van der Waals surface area contributed by atoms with E-state index in [4.69, 9.17) is 9.47 Å². The Morgan fingerprint density at radius 2 is 1.83 bits per heavy atom. The fourth-order valence-corrected chi connectivity index (χ4v) is 2.45. The molecule has 3 aromatic heterocycles. The molecule has 1 aliphatic carbocycles. The minimum Gasteiger partial charge on any atom is -0.465 e. The van der Waals surface area contributed by atoms with Gasteiger partial charge in [0.15, 0.2) is 11.8 Å². The Morgan fingerprint density at radius 3 is 2.45 bits per heavy atom. The molecule has 0 aromatic carbocycles. The Kier molecular flexibility index (Phi) is 4.60. The second-order valence-corrected chi connectivity index (χ2v) is 6.55. The van der Waals surface area contributed by atoms with Gasteiger partial charge in [-0.3, -0.25) is 9.38 Å². The molecule has 1 saturated carbocycles. The van der Waals surface area contributed by atoms with E-state index in [1.165, 1.54) is 30.7 Å². The summed E-state index contributed by atoms with van der Waals surface area (Å²) in [5, 5.41) is 7.17. The molecule has 29 heavy (non-hydrogen) atoms. The van der Waals surface area contributed by atoms with Crippen molar-refractivity contribution < 1.29 is 31.4 Å². The molecule has 3 aromatic rings. The molecule has 12 heteroatoms. The maximum atomic E-state index is 14.3. The fraction of sp³-hybridized carbons (Fsp3) is 0.412.